The molecule has 0 saturated carbocycles. The van der Waals surface area contributed by atoms with E-state index in [2.05, 4.69) is 55.2 Å². The van der Waals surface area contributed by atoms with E-state index < -0.39 is 18.4 Å². The van der Waals surface area contributed by atoms with E-state index >= 15 is 0 Å². The zero-order valence-electron chi connectivity index (χ0n) is 19.4. The first-order valence-corrected chi connectivity index (χ1v) is 19.4. The summed E-state index contributed by atoms with van der Waals surface area (Å²) >= 11 is -2.39. The molecule has 1 heterocycles. The normalized spacial score (nSPS) is 11.7. The van der Waals surface area contributed by atoms with Crippen LogP contribution in [0.15, 0.2) is 53.1 Å². The predicted molar refractivity (Wildman–Crippen MR) is 134 cm³/mol. The standard InChI is InChI=1S/C14H10N3O.3C4H9.Sn/c15-12-8-6-11(7-9-12)14-16-13(17-18-14)10-4-2-1-3-5-10;3*1-3-4-2;/h2-9H,15H2;3*1,3-4H2,2H3;. The van der Waals surface area contributed by atoms with Crippen LogP contribution in [0.1, 0.15) is 59.3 Å². The van der Waals surface area contributed by atoms with Crippen LogP contribution in [0, 0.1) is 0 Å². The number of unbranched alkanes of at least 4 members (excludes halogenated alkanes) is 3. The second kappa shape index (κ2) is 11.7. The van der Waals surface area contributed by atoms with Gasteiger partial charge in [0.2, 0.25) is 0 Å². The summed E-state index contributed by atoms with van der Waals surface area (Å²) in [5.41, 5.74) is 8.42. The van der Waals surface area contributed by atoms with Crippen LogP contribution >= 0.6 is 0 Å². The van der Waals surface area contributed by atoms with Gasteiger partial charge in [-0.25, -0.2) is 0 Å². The van der Waals surface area contributed by atoms with E-state index in [0.29, 0.717) is 11.7 Å². The molecular formula is C26H37N3OSn. The molecule has 0 unspecified atom stereocenters. The number of hydrogen-bond acceptors (Lipinski definition) is 4. The molecule has 2 N–H and O–H groups in total. The van der Waals surface area contributed by atoms with Gasteiger partial charge in [-0.15, -0.1) is 0 Å². The van der Waals surface area contributed by atoms with Gasteiger partial charge in [-0.2, -0.15) is 0 Å². The van der Waals surface area contributed by atoms with Crippen molar-refractivity contribution in [1.82, 2.24) is 10.1 Å². The van der Waals surface area contributed by atoms with Crippen LogP contribution in [0.4, 0.5) is 5.69 Å². The first-order chi connectivity index (χ1) is 15.1. The Kier molecular flexibility index (Phi) is 9.00. The van der Waals surface area contributed by atoms with Gasteiger partial charge in [0.05, 0.1) is 0 Å². The number of anilines is 1. The summed E-state index contributed by atoms with van der Waals surface area (Å²) in [6.45, 7) is 6.98. The fraction of sp³-hybridized carbons (Fsp3) is 0.462. The summed E-state index contributed by atoms with van der Waals surface area (Å²) in [6, 6.07) is 16.7. The SMILES string of the molecule is CCC[CH2][Sn]([CH2]CCC)([CH2]CCC)[c]1ccc(-c2noc(-c3ccc(N)cc3)n2)cc1. The van der Waals surface area contributed by atoms with Crippen LogP contribution in [0.2, 0.25) is 13.3 Å². The number of hydrogen-bond donors (Lipinski definition) is 1. The zero-order chi connectivity index (χ0) is 22.1. The molecular weight excluding hydrogens is 489 g/mol. The van der Waals surface area contributed by atoms with Crippen molar-refractivity contribution in [2.24, 2.45) is 0 Å². The Hall–Kier alpha value is -1.82. The Morgan fingerprint density at radius 1 is 0.742 bits per heavy atom. The van der Waals surface area contributed by atoms with Crippen LogP contribution < -0.4 is 9.31 Å². The maximum atomic E-state index is 5.78. The number of nitrogens with two attached hydrogens (primary N) is 1. The predicted octanol–water partition coefficient (Wildman–Crippen LogP) is 7.04. The average molecular weight is 526 g/mol. The molecule has 3 aromatic rings. The van der Waals surface area contributed by atoms with Gasteiger partial charge in [-0.05, 0) is 0 Å². The van der Waals surface area contributed by atoms with E-state index in [1.165, 1.54) is 51.8 Å². The topological polar surface area (TPSA) is 64.9 Å². The molecule has 0 bridgehead atoms. The molecule has 0 fully saturated rings. The van der Waals surface area contributed by atoms with E-state index in [1.807, 2.05) is 24.3 Å². The van der Waals surface area contributed by atoms with Crippen LogP contribution in [-0.4, -0.2) is 28.5 Å². The second-order valence-electron chi connectivity index (χ2n) is 8.71. The third-order valence-electron chi connectivity index (χ3n) is 6.37. The van der Waals surface area contributed by atoms with Crippen LogP contribution in [0.25, 0.3) is 22.8 Å². The molecule has 0 aliphatic carbocycles. The van der Waals surface area contributed by atoms with Crippen molar-refractivity contribution in [3.63, 3.8) is 0 Å². The number of nitrogens with zero attached hydrogens (tertiary/aromatic N) is 2. The van der Waals surface area contributed by atoms with Crippen LogP contribution in [-0.2, 0) is 0 Å². The molecule has 2 aromatic carbocycles. The van der Waals surface area contributed by atoms with Crippen molar-refractivity contribution < 1.29 is 4.52 Å². The summed E-state index contributed by atoms with van der Waals surface area (Å²) < 4.78 is 11.6. The number of aromatic nitrogens is 2. The van der Waals surface area contributed by atoms with E-state index in [4.69, 9.17) is 10.3 Å². The summed E-state index contributed by atoms with van der Waals surface area (Å²) in [4.78, 5) is 4.62. The Bertz CT molecular complexity index is 897. The molecule has 5 heteroatoms. The first-order valence-electron chi connectivity index (χ1n) is 11.9. The maximum absolute atomic E-state index is 5.78. The van der Waals surface area contributed by atoms with Gasteiger partial charge in [0.25, 0.3) is 0 Å². The fourth-order valence-electron chi connectivity index (χ4n) is 4.41. The Morgan fingerprint density at radius 3 is 1.77 bits per heavy atom. The number of rotatable bonds is 12. The zero-order valence-corrected chi connectivity index (χ0v) is 22.2. The molecule has 3 rings (SSSR count). The van der Waals surface area contributed by atoms with Gasteiger partial charge >= 0.3 is 192 Å². The average Bonchev–Trinajstić information content (AvgIpc) is 3.30. The van der Waals surface area contributed by atoms with E-state index in [1.54, 1.807) is 3.58 Å². The fourth-order valence-corrected chi connectivity index (χ4v) is 20.3. The molecule has 0 saturated heterocycles. The molecule has 0 aliphatic heterocycles. The van der Waals surface area contributed by atoms with Gasteiger partial charge in [-0.1, -0.05) is 0 Å². The van der Waals surface area contributed by atoms with E-state index in [9.17, 15) is 0 Å². The van der Waals surface area contributed by atoms with Crippen molar-refractivity contribution in [2.75, 3.05) is 5.73 Å². The summed E-state index contributed by atoms with van der Waals surface area (Å²) in [7, 11) is 0. The minimum absolute atomic E-state index is 0.529. The van der Waals surface area contributed by atoms with E-state index in [0.717, 1.165) is 16.8 Å². The molecule has 4 nitrogen and oxygen atoms in total. The van der Waals surface area contributed by atoms with Gasteiger partial charge in [0.15, 0.2) is 0 Å². The molecule has 0 radical (unpaired) electrons. The minimum atomic E-state index is -2.39. The summed E-state index contributed by atoms with van der Waals surface area (Å²) in [6.07, 6.45) is 8.02. The van der Waals surface area contributed by atoms with Crippen LogP contribution in [0.3, 0.4) is 0 Å². The van der Waals surface area contributed by atoms with Gasteiger partial charge in [0, 0.05) is 0 Å². The van der Waals surface area contributed by atoms with Crippen molar-refractivity contribution in [2.45, 2.75) is 72.6 Å². The molecule has 166 valence electrons. The number of nitrogen functional groups attached to an aromatic ring is 1. The third kappa shape index (κ3) is 6.12. The molecule has 0 aliphatic rings. The Morgan fingerprint density at radius 2 is 1.26 bits per heavy atom. The molecule has 0 spiro atoms. The monoisotopic (exact) mass is 527 g/mol. The number of benzene rings is 2. The second-order valence-corrected chi connectivity index (χ2v) is 22.0. The van der Waals surface area contributed by atoms with Crippen molar-refractivity contribution >= 4 is 27.6 Å². The summed E-state index contributed by atoms with van der Waals surface area (Å²) in [5, 5.41) is 4.23. The van der Waals surface area contributed by atoms with Gasteiger partial charge < -0.3 is 0 Å². The molecule has 0 atom stereocenters. The molecule has 1 aromatic heterocycles. The quantitative estimate of drug-likeness (QED) is 0.203. The van der Waals surface area contributed by atoms with Gasteiger partial charge in [0.1, 0.15) is 0 Å². The first kappa shape index (κ1) is 23.8. The third-order valence-corrected chi connectivity index (χ3v) is 22.0. The van der Waals surface area contributed by atoms with Crippen molar-refractivity contribution in [1.29, 1.82) is 0 Å². The Balaban J connectivity index is 1.85. The molecule has 0 amide bonds. The van der Waals surface area contributed by atoms with E-state index in [-0.39, 0.29) is 0 Å². The van der Waals surface area contributed by atoms with Crippen molar-refractivity contribution in [3.8, 4) is 22.8 Å². The van der Waals surface area contributed by atoms with Gasteiger partial charge in [-0.3, -0.25) is 0 Å². The molecule has 31 heavy (non-hydrogen) atoms. The van der Waals surface area contributed by atoms with Crippen LogP contribution in [0.5, 0.6) is 0 Å². The van der Waals surface area contributed by atoms with Crippen molar-refractivity contribution in [3.05, 3.63) is 48.5 Å². The summed E-state index contributed by atoms with van der Waals surface area (Å²) in [5.74, 6) is 1.18. The Labute approximate surface area is 191 Å².